The summed E-state index contributed by atoms with van der Waals surface area (Å²) in [6.45, 7) is 6.20. The molecule has 0 bridgehead atoms. The Morgan fingerprint density at radius 3 is 1.91 bits per heavy atom. The van der Waals surface area contributed by atoms with Gasteiger partial charge in [0.15, 0.2) is 0 Å². The van der Waals surface area contributed by atoms with E-state index in [-0.39, 0.29) is 0 Å². The van der Waals surface area contributed by atoms with Gasteiger partial charge in [0, 0.05) is 6.20 Å². The SMILES string of the molecule is CC(C)C1=CN(Cc2ccccc2)NN1Cc1ccccc1. The van der Waals surface area contributed by atoms with Crippen molar-refractivity contribution in [2.75, 3.05) is 0 Å². The Kier molecular flexibility index (Phi) is 4.45. The third-order valence-electron chi connectivity index (χ3n) is 3.82. The molecule has 114 valence electrons. The smallest absolute Gasteiger partial charge is 0.0609 e. The van der Waals surface area contributed by atoms with Crippen molar-refractivity contribution in [1.29, 1.82) is 0 Å². The van der Waals surface area contributed by atoms with Crippen LogP contribution in [0.25, 0.3) is 0 Å². The van der Waals surface area contributed by atoms with Crippen LogP contribution in [0.15, 0.2) is 72.6 Å². The van der Waals surface area contributed by atoms with Gasteiger partial charge in [-0.3, -0.25) is 10.0 Å². The van der Waals surface area contributed by atoms with Crippen molar-refractivity contribution >= 4 is 0 Å². The van der Waals surface area contributed by atoms with Crippen molar-refractivity contribution in [3.63, 3.8) is 0 Å². The van der Waals surface area contributed by atoms with Crippen LogP contribution in [0.2, 0.25) is 0 Å². The fourth-order valence-corrected chi connectivity index (χ4v) is 2.69. The predicted octanol–water partition coefficient (Wildman–Crippen LogP) is 3.92. The lowest BCUT2D eigenvalue weighted by molar-refractivity contribution is 0.111. The van der Waals surface area contributed by atoms with Gasteiger partial charge >= 0.3 is 0 Å². The van der Waals surface area contributed by atoms with E-state index in [9.17, 15) is 0 Å². The van der Waals surface area contributed by atoms with E-state index in [1.54, 1.807) is 0 Å². The molecule has 3 nitrogen and oxygen atoms in total. The van der Waals surface area contributed by atoms with Crippen molar-refractivity contribution in [3.05, 3.63) is 83.7 Å². The molecule has 0 unspecified atom stereocenters. The van der Waals surface area contributed by atoms with Gasteiger partial charge in [-0.1, -0.05) is 74.5 Å². The van der Waals surface area contributed by atoms with E-state index < -0.39 is 0 Å². The molecule has 0 fully saturated rings. The third-order valence-corrected chi connectivity index (χ3v) is 3.82. The van der Waals surface area contributed by atoms with Crippen LogP contribution in [0.3, 0.4) is 0 Å². The van der Waals surface area contributed by atoms with Gasteiger partial charge in [-0.05, 0) is 17.0 Å². The average Bonchev–Trinajstić information content (AvgIpc) is 2.92. The number of hydrogen-bond acceptors (Lipinski definition) is 3. The largest absolute Gasteiger partial charge is 0.292 e. The highest BCUT2D eigenvalue weighted by atomic mass is 15.8. The van der Waals surface area contributed by atoms with Crippen LogP contribution in [0.5, 0.6) is 0 Å². The highest BCUT2D eigenvalue weighted by molar-refractivity contribution is 5.18. The fraction of sp³-hybridized carbons (Fsp3) is 0.263. The first-order valence-corrected chi connectivity index (χ1v) is 7.82. The number of nitrogens with zero attached hydrogens (tertiary/aromatic N) is 2. The van der Waals surface area contributed by atoms with Crippen molar-refractivity contribution < 1.29 is 0 Å². The highest BCUT2D eigenvalue weighted by Crippen LogP contribution is 2.23. The summed E-state index contributed by atoms with van der Waals surface area (Å²) in [6, 6.07) is 21.1. The molecule has 1 aliphatic rings. The first-order chi connectivity index (χ1) is 10.7. The maximum Gasteiger partial charge on any atom is 0.0609 e. The minimum atomic E-state index is 0.483. The predicted molar refractivity (Wildman–Crippen MR) is 90.0 cm³/mol. The van der Waals surface area contributed by atoms with Gasteiger partial charge in [-0.25, -0.2) is 0 Å². The van der Waals surface area contributed by atoms with Crippen molar-refractivity contribution in [2.24, 2.45) is 5.92 Å². The number of hydrogen-bond donors (Lipinski definition) is 1. The van der Waals surface area contributed by atoms with E-state index in [4.69, 9.17) is 0 Å². The number of allylic oxidation sites excluding steroid dienone is 1. The molecule has 2 aromatic carbocycles. The van der Waals surface area contributed by atoms with E-state index in [0.717, 1.165) is 13.1 Å². The molecule has 0 atom stereocenters. The minimum Gasteiger partial charge on any atom is -0.292 e. The second-order valence-corrected chi connectivity index (χ2v) is 5.99. The quantitative estimate of drug-likeness (QED) is 0.901. The summed E-state index contributed by atoms with van der Waals surface area (Å²) in [7, 11) is 0. The lowest BCUT2D eigenvalue weighted by atomic mass is 10.1. The van der Waals surface area contributed by atoms with Gasteiger partial charge in [0.25, 0.3) is 0 Å². The lowest BCUT2D eigenvalue weighted by Crippen LogP contribution is -2.40. The van der Waals surface area contributed by atoms with E-state index in [1.165, 1.54) is 16.8 Å². The van der Waals surface area contributed by atoms with E-state index in [1.807, 2.05) is 0 Å². The van der Waals surface area contributed by atoms with E-state index >= 15 is 0 Å². The van der Waals surface area contributed by atoms with Crippen LogP contribution < -0.4 is 5.53 Å². The van der Waals surface area contributed by atoms with E-state index in [2.05, 4.69) is 96.3 Å². The normalized spacial score (nSPS) is 14.6. The van der Waals surface area contributed by atoms with Gasteiger partial charge in [-0.15, -0.1) is 5.53 Å². The zero-order chi connectivity index (χ0) is 15.4. The second kappa shape index (κ2) is 6.67. The van der Waals surface area contributed by atoms with Crippen LogP contribution in [0, 0.1) is 5.92 Å². The van der Waals surface area contributed by atoms with Gasteiger partial charge in [0.2, 0.25) is 0 Å². The number of benzene rings is 2. The van der Waals surface area contributed by atoms with Crippen molar-refractivity contribution in [2.45, 2.75) is 26.9 Å². The molecule has 0 spiro atoms. The van der Waals surface area contributed by atoms with Gasteiger partial charge in [-0.2, -0.15) is 0 Å². The Hall–Kier alpha value is -2.26. The molecule has 0 radical (unpaired) electrons. The first-order valence-electron chi connectivity index (χ1n) is 7.82. The average molecular weight is 293 g/mol. The minimum absolute atomic E-state index is 0.483. The number of hydrazine groups is 2. The summed E-state index contributed by atoms with van der Waals surface area (Å²) in [4.78, 5) is 0. The second-order valence-electron chi connectivity index (χ2n) is 5.99. The molecule has 3 heteroatoms. The topological polar surface area (TPSA) is 18.5 Å². The zero-order valence-corrected chi connectivity index (χ0v) is 13.2. The van der Waals surface area contributed by atoms with Crippen molar-refractivity contribution in [3.8, 4) is 0 Å². The standard InChI is InChI=1S/C19H23N3/c1-16(2)19-15-21(13-17-9-5-3-6-10-17)20-22(19)14-18-11-7-4-8-12-18/h3-12,15-16,20H,13-14H2,1-2H3. The van der Waals surface area contributed by atoms with Crippen molar-refractivity contribution in [1.82, 2.24) is 15.6 Å². The molecule has 3 rings (SSSR count). The fourth-order valence-electron chi connectivity index (χ4n) is 2.69. The summed E-state index contributed by atoms with van der Waals surface area (Å²) < 4.78 is 0. The Labute approximate surface area is 132 Å². The molecule has 1 aliphatic heterocycles. The van der Waals surface area contributed by atoms with Crippen LogP contribution in [-0.2, 0) is 13.1 Å². The Morgan fingerprint density at radius 2 is 1.36 bits per heavy atom. The van der Waals surface area contributed by atoms with Crippen LogP contribution in [0.4, 0.5) is 0 Å². The molecule has 0 amide bonds. The molecule has 1 heterocycles. The number of nitrogens with one attached hydrogen (secondary N) is 1. The molecule has 22 heavy (non-hydrogen) atoms. The third kappa shape index (κ3) is 3.49. The maximum absolute atomic E-state index is 3.49. The molecule has 1 N–H and O–H groups in total. The molecule has 0 aliphatic carbocycles. The molecule has 0 saturated heterocycles. The first kappa shape index (κ1) is 14.7. The molecule has 0 aromatic heterocycles. The number of rotatable bonds is 5. The van der Waals surface area contributed by atoms with E-state index in [0.29, 0.717) is 5.92 Å². The van der Waals surface area contributed by atoms with Crippen LogP contribution in [-0.4, -0.2) is 10.0 Å². The maximum atomic E-state index is 3.49. The van der Waals surface area contributed by atoms with Gasteiger partial charge in [0.1, 0.15) is 0 Å². The molecular weight excluding hydrogens is 270 g/mol. The lowest BCUT2D eigenvalue weighted by Gasteiger charge is -2.26. The van der Waals surface area contributed by atoms with Crippen LogP contribution >= 0.6 is 0 Å². The Morgan fingerprint density at radius 1 is 0.818 bits per heavy atom. The zero-order valence-electron chi connectivity index (χ0n) is 13.2. The Bertz CT molecular complexity index is 620. The summed E-state index contributed by atoms with van der Waals surface area (Å²) >= 11 is 0. The Balaban J connectivity index is 1.71. The van der Waals surface area contributed by atoms with Gasteiger partial charge < -0.3 is 0 Å². The summed E-state index contributed by atoms with van der Waals surface area (Å²) in [5.41, 5.74) is 7.42. The van der Waals surface area contributed by atoms with Gasteiger partial charge in [0.05, 0.1) is 18.8 Å². The summed E-state index contributed by atoms with van der Waals surface area (Å²) in [5, 5.41) is 4.40. The highest BCUT2D eigenvalue weighted by Gasteiger charge is 2.22. The molecule has 0 saturated carbocycles. The summed E-state index contributed by atoms with van der Waals surface area (Å²) in [6.07, 6.45) is 2.22. The molecule has 2 aromatic rings. The monoisotopic (exact) mass is 293 g/mol. The molecular formula is C19H23N3. The van der Waals surface area contributed by atoms with Crippen LogP contribution in [0.1, 0.15) is 25.0 Å². The summed E-state index contributed by atoms with van der Waals surface area (Å²) in [5.74, 6) is 0.483.